The van der Waals surface area contributed by atoms with Crippen molar-refractivity contribution in [1.82, 2.24) is 10.2 Å². The van der Waals surface area contributed by atoms with Crippen molar-refractivity contribution in [3.8, 4) is 0 Å². The quantitative estimate of drug-likeness (QED) is 0.872. The van der Waals surface area contributed by atoms with E-state index in [4.69, 9.17) is 9.47 Å². The maximum absolute atomic E-state index is 12.4. The first-order valence-corrected chi connectivity index (χ1v) is 7.51. The van der Waals surface area contributed by atoms with Crippen molar-refractivity contribution in [1.29, 1.82) is 0 Å². The Morgan fingerprint density at radius 2 is 1.83 bits per heavy atom. The zero-order chi connectivity index (χ0) is 17.5. The number of hydrogen-bond acceptors (Lipinski definition) is 4. The van der Waals surface area contributed by atoms with Gasteiger partial charge in [0, 0.05) is 20.7 Å². The molecule has 1 aromatic carbocycles. The molecule has 0 saturated heterocycles. The maximum atomic E-state index is 12.4. The van der Waals surface area contributed by atoms with E-state index in [1.165, 1.54) is 19.1 Å². The van der Waals surface area contributed by atoms with Crippen LogP contribution in [0.5, 0.6) is 0 Å². The number of carbonyl (C=O) groups excluding carboxylic acids is 2. The summed E-state index contributed by atoms with van der Waals surface area (Å²) in [6.07, 6.45) is -0.561. The summed E-state index contributed by atoms with van der Waals surface area (Å²) in [6, 6.07) is 8.81. The van der Waals surface area contributed by atoms with E-state index in [9.17, 15) is 9.59 Å². The monoisotopic (exact) mass is 322 g/mol. The summed E-state index contributed by atoms with van der Waals surface area (Å²) < 4.78 is 10.4. The summed E-state index contributed by atoms with van der Waals surface area (Å²) in [6.45, 7) is 5.82. The Bertz CT molecular complexity index is 511. The number of carbonyl (C=O) groups is 2. The number of methoxy groups -OCH3 is 1. The molecule has 1 N–H and O–H groups in total. The summed E-state index contributed by atoms with van der Waals surface area (Å²) in [7, 11) is 3.01. The number of amides is 2. The summed E-state index contributed by atoms with van der Waals surface area (Å²) in [5, 5.41) is 2.81. The highest BCUT2D eigenvalue weighted by Gasteiger charge is 2.30. The molecule has 0 saturated carbocycles. The van der Waals surface area contributed by atoms with Crippen LogP contribution in [-0.2, 0) is 20.8 Å². The SMILES string of the molecule is COC[C@H](C(=O)NCc1ccccc1)N(C)C(=O)OC(C)(C)C. The number of rotatable bonds is 6. The molecule has 1 rings (SSSR count). The number of ether oxygens (including phenoxy) is 2. The lowest BCUT2D eigenvalue weighted by Crippen LogP contribution is -2.51. The van der Waals surface area contributed by atoms with Crippen LogP contribution < -0.4 is 5.32 Å². The molecule has 6 heteroatoms. The minimum Gasteiger partial charge on any atom is -0.444 e. The van der Waals surface area contributed by atoms with Gasteiger partial charge in [-0.1, -0.05) is 30.3 Å². The van der Waals surface area contributed by atoms with Gasteiger partial charge in [0.05, 0.1) is 6.61 Å². The van der Waals surface area contributed by atoms with Crippen LogP contribution in [-0.4, -0.2) is 49.3 Å². The fourth-order valence-corrected chi connectivity index (χ4v) is 1.89. The van der Waals surface area contributed by atoms with Crippen molar-refractivity contribution in [3.05, 3.63) is 35.9 Å². The van der Waals surface area contributed by atoms with Crippen molar-refractivity contribution in [2.45, 2.75) is 39.0 Å². The van der Waals surface area contributed by atoms with Crippen LogP contribution in [0.15, 0.2) is 30.3 Å². The minimum atomic E-state index is -0.751. The number of nitrogens with zero attached hydrogens (tertiary/aromatic N) is 1. The van der Waals surface area contributed by atoms with E-state index in [1.54, 1.807) is 20.8 Å². The molecule has 0 aromatic heterocycles. The molecular formula is C17H26N2O4. The second-order valence-electron chi connectivity index (χ2n) is 6.27. The molecule has 0 heterocycles. The smallest absolute Gasteiger partial charge is 0.410 e. The van der Waals surface area contributed by atoms with Crippen LogP contribution in [0.1, 0.15) is 26.3 Å². The van der Waals surface area contributed by atoms with Gasteiger partial charge in [-0.05, 0) is 26.3 Å². The zero-order valence-electron chi connectivity index (χ0n) is 14.5. The van der Waals surface area contributed by atoms with Crippen LogP contribution >= 0.6 is 0 Å². The van der Waals surface area contributed by atoms with Crippen LogP contribution in [0.2, 0.25) is 0 Å². The number of nitrogens with one attached hydrogen (secondary N) is 1. The van der Waals surface area contributed by atoms with Crippen molar-refractivity contribution < 1.29 is 19.1 Å². The predicted molar refractivity (Wildman–Crippen MR) is 87.9 cm³/mol. The maximum Gasteiger partial charge on any atom is 0.410 e. The first-order valence-electron chi connectivity index (χ1n) is 7.51. The Balaban J connectivity index is 2.68. The molecule has 0 unspecified atom stereocenters. The third-order valence-corrected chi connectivity index (χ3v) is 3.09. The van der Waals surface area contributed by atoms with E-state index in [0.717, 1.165) is 5.56 Å². The van der Waals surface area contributed by atoms with E-state index < -0.39 is 17.7 Å². The largest absolute Gasteiger partial charge is 0.444 e. The molecule has 0 aliphatic carbocycles. The molecule has 2 amide bonds. The lowest BCUT2D eigenvalue weighted by Gasteiger charge is -2.29. The Morgan fingerprint density at radius 1 is 1.22 bits per heavy atom. The van der Waals surface area contributed by atoms with E-state index in [1.807, 2.05) is 30.3 Å². The lowest BCUT2D eigenvalue weighted by atomic mass is 10.2. The van der Waals surface area contributed by atoms with Gasteiger partial charge < -0.3 is 14.8 Å². The highest BCUT2D eigenvalue weighted by Crippen LogP contribution is 2.11. The van der Waals surface area contributed by atoms with Gasteiger partial charge in [-0.2, -0.15) is 0 Å². The predicted octanol–water partition coefficient (Wildman–Crippen LogP) is 2.18. The molecule has 0 fully saturated rings. The average Bonchev–Trinajstić information content (AvgIpc) is 2.49. The van der Waals surface area contributed by atoms with E-state index in [0.29, 0.717) is 6.54 Å². The van der Waals surface area contributed by atoms with Gasteiger partial charge in [0.25, 0.3) is 0 Å². The zero-order valence-corrected chi connectivity index (χ0v) is 14.5. The Labute approximate surface area is 137 Å². The Kier molecular flexibility index (Phi) is 7.03. The van der Waals surface area contributed by atoms with Crippen molar-refractivity contribution >= 4 is 12.0 Å². The lowest BCUT2D eigenvalue weighted by molar-refractivity contribution is -0.127. The van der Waals surface area contributed by atoms with Crippen LogP contribution in [0.4, 0.5) is 4.79 Å². The van der Waals surface area contributed by atoms with Gasteiger partial charge in [0.1, 0.15) is 11.6 Å². The number of benzene rings is 1. The Morgan fingerprint density at radius 3 is 2.35 bits per heavy atom. The molecule has 0 spiro atoms. The molecule has 1 aromatic rings. The van der Waals surface area contributed by atoms with Crippen LogP contribution in [0.3, 0.4) is 0 Å². The third kappa shape index (κ3) is 6.69. The van der Waals surface area contributed by atoms with E-state index >= 15 is 0 Å². The highest BCUT2D eigenvalue weighted by atomic mass is 16.6. The molecule has 6 nitrogen and oxygen atoms in total. The minimum absolute atomic E-state index is 0.0936. The first-order chi connectivity index (χ1) is 10.7. The van der Waals surface area contributed by atoms with Gasteiger partial charge in [-0.15, -0.1) is 0 Å². The normalized spacial score (nSPS) is 12.4. The molecule has 0 aliphatic heterocycles. The second kappa shape index (κ2) is 8.53. The molecule has 1 atom stereocenters. The second-order valence-corrected chi connectivity index (χ2v) is 6.27. The van der Waals surface area contributed by atoms with Crippen LogP contribution in [0, 0.1) is 0 Å². The fourth-order valence-electron chi connectivity index (χ4n) is 1.89. The van der Waals surface area contributed by atoms with E-state index in [2.05, 4.69) is 5.32 Å². The third-order valence-electron chi connectivity index (χ3n) is 3.09. The summed E-state index contributed by atoms with van der Waals surface area (Å²) in [5.41, 5.74) is 0.362. The van der Waals surface area contributed by atoms with Gasteiger partial charge in [0.15, 0.2) is 0 Å². The Hall–Kier alpha value is -2.08. The van der Waals surface area contributed by atoms with Gasteiger partial charge in [-0.25, -0.2) is 4.79 Å². The molecular weight excluding hydrogens is 296 g/mol. The standard InChI is InChI=1S/C17H26N2O4/c1-17(2,3)23-16(21)19(4)14(12-22-5)15(20)18-11-13-9-7-6-8-10-13/h6-10,14H,11-12H2,1-5H3,(H,18,20)/t14-/m1/s1. The topological polar surface area (TPSA) is 67.9 Å². The highest BCUT2D eigenvalue weighted by molar-refractivity contribution is 5.85. The van der Waals surface area contributed by atoms with Gasteiger partial charge in [-0.3, -0.25) is 9.69 Å². The number of likely N-dealkylation sites (N-methyl/N-ethyl adjacent to an activating group) is 1. The van der Waals surface area contributed by atoms with Gasteiger partial charge in [0.2, 0.25) is 5.91 Å². The molecule has 128 valence electrons. The molecule has 0 radical (unpaired) electrons. The fraction of sp³-hybridized carbons (Fsp3) is 0.529. The average molecular weight is 322 g/mol. The molecule has 23 heavy (non-hydrogen) atoms. The first kappa shape index (κ1) is 19.0. The van der Waals surface area contributed by atoms with Crippen molar-refractivity contribution in [2.75, 3.05) is 20.8 Å². The number of hydrogen-bond donors (Lipinski definition) is 1. The summed E-state index contributed by atoms with van der Waals surface area (Å²) in [4.78, 5) is 25.8. The summed E-state index contributed by atoms with van der Waals surface area (Å²) >= 11 is 0. The summed E-state index contributed by atoms with van der Waals surface area (Å²) in [5.74, 6) is -0.288. The van der Waals surface area contributed by atoms with Crippen molar-refractivity contribution in [2.24, 2.45) is 0 Å². The van der Waals surface area contributed by atoms with Crippen LogP contribution in [0.25, 0.3) is 0 Å². The van der Waals surface area contributed by atoms with E-state index in [-0.39, 0.29) is 12.5 Å². The van der Waals surface area contributed by atoms with Crippen molar-refractivity contribution in [3.63, 3.8) is 0 Å². The molecule has 0 aliphatic rings. The molecule has 0 bridgehead atoms. The van der Waals surface area contributed by atoms with Gasteiger partial charge >= 0.3 is 6.09 Å².